The van der Waals surface area contributed by atoms with Crippen molar-refractivity contribution in [3.63, 3.8) is 0 Å². The van der Waals surface area contributed by atoms with Gasteiger partial charge >= 0.3 is 0 Å². The molecule has 4 aromatic rings. The molecule has 10 heteroatoms. The Bertz CT molecular complexity index is 1710. The first-order chi connectivity index (χ1) is 21.9. The maximum absolute atomic E-state index is 11.5. The van der Waals surface area contributed by atoms with Gasteiger partial charge < -0.3 is 35.7 Å². The molecular weight excluding hydrogens is 651 g/mol. The summed E-state index contributed by atoms with van der Waals surface area (Å²) >= 11 is 19.8. The fourth-order valence-electron chi connectivity index (χ4n) is 6.48. The normalized spacial score (nSPS) is 12.8. The van der Waals surface area contributed by atoms with Crippen molar-refractivity contribution in [1.82, 2.24) is 0 Å². The Kier molecular flexibility index (Phi) is 12.1. The van der Waals surface area contributed by atoms with Crippen LogP contribution in [0.25, 0.3) is 0 Å². The summed E-state index contributed by atoms with van der Waals surface area (Å²) in [6, 6.07) is 12.8. The molecule has 4 aromatic carbocycles. The molecule has 0 heterocycles. The highest BCUT2D eigenvalue weighted by atomic mass is 35.5. The van der Waals surface area contributed by atoms with Crippen LogP contribution in [0.3, 0.4) is 0 Å². The van der Waals surface area contributed by atoms with E-state index in [4.69, 9.17) is 34.8 Å². The fourth-order valence-corrected chi connectivity index (χ4v) is 7.32. The van der Waals surface area contributed by atoms with E-state index >= 15 is 0 Å². The second kappa shape index (κ2) is 15.6. The van der Waals surface area contributed by atoms with Gasteiger partial charge in [0.15, 0.2) is 0 Å². The molecule has 246 valence electrons. The molecule has 0 saturated carbocycles. The molecule has 0 amide bonds. The van der Waals surface area contributed by atoms with Crippen molar-refractivity contribution in [2.24, 2.45) is 0 Å². The van der Waals surface area contributed by atoms with E-state index in [9.17, 15) is 35.7 Å². The van der Waals surface area contributed by atoms with E-state index < -0.39 is 25.0 Å². The highest BCUT2D eigenvalue weighted by Gasteiger charge is 2.35. The van der Waals surface area contributed by atoms with E-state index in [1.54, 1.807) is 25.1 Å². The lowest BCUT2D eigenvalue weighted by Crippen LogP contribution is -2.17. The minimum absolute atomic E-state index is 0.0161. The lowest BCUT2D eigenvalue weighted by Gasteiger charge is -2.33. The van der Waals surface area contributed by atoms with Crippen molar-refractivity contribution in [2.45, 2.75) is 77.6 Å². The van der Waals surface area contributed by atoms with Gasteiger partial charge in [-0.25, -0.2) is 0 Å². The van der Waals surface area contributed by atoms with Gasteiger partial charge in [0, 0.05) is 48.8 Å². The first kappa shape index (κ1) is 35.7. The Balaban J connectivity index is 1.84. The molecular formula is C36H39Cl3O7. The summed E-state index contributed by atoms with van der Waals surface area (Å²) in [6.07, 6.45) is 2.92. The number of aromatic hydroxyl groups is 4. The van der Waals surface area contributed by atoms with Crippen molar-refractivity contribution in [2.75, 3.05) is 0 Å². The molecule has 2 unspecified atom stereocenters. The smallest absolute Gasteiger partial charge is 0.125 e. The van der Waals surface area contributed by atoms with Gasteiger partial charge in [0.2, 0.25) is 0 Å². The summed E-state index contributed by atoms with van der Waals surface area (Å²) in [7, 11) is 0. The lowest BCUT2D eigenvalue weighted by atomic mass is 9.72. The first-order valence-electron chi connectivity index (χ1n) is 15.1. The fraction of sp³-hybridized carbons (Fsp3) is 0.333. The molecule has 0 bridgehead atoms. The lowest BCUT2D eigenvalue weighted by molar-refractivity contribution is 0.272. The molecule has 46 heavy (non-hydrogen) atoms. The SMILES string of the molecule is Cc1cc(C)c(O)c(C(c2cc(Cl)cc(CO)c2O)C(CCCCCc2c(Cl)ccc(O)c2CO)c2c(Cl)ccc(O)c2CO)c1. The topological polar surface area (TPSA) is 142 Å². The van der Waals surface area contributed by atoms with Crippen LogP contribution < -0.4 is 0 Å². The molecule has 0 aliphatic rings. The zero-order valence-corrected chi connectivity index (χ0v) is 28.0. The second-order valence-corrected chi connectivity index (χ2v) is 12.9. The zero-order valence-electron chi connectivity index (χ0n) is 25.7. The molecule has 0 fully saturated rings. The van der Waals surface area contributed by atoms with Gasteiger partial charge in [-0.15, -0.1) is 0 Å². The number of hydrogen-bond donors (Lipinski definition) is 7. The van der Waals surface area contributed by atoms with Crippen molar-refractivity contribution in [1.29, 1.82) is 0 Å². The summed E-state index contributed by atoms with van der Waals surface area (Å²) < 4.78 is 0. The maximum Gasteiger partial charge on any atom is 0.125 e. The minimum atomic E-state index is -0.770. The number of halogens is 3. The van der Waals surface area contributed by atoms with Gasteiger partial charge in [0.1, 0.15) is 23.0 Å². The Morgan fingerprint density at radius 1 is 0.630 bits per heavy atom. The number of phenols is 4. The predicted molar refractivity (Wildman–Crippen MR) is 181 cm³/mol. The average Bonchev–Trinajstić information content (AvgIpc) is 3.02. The number of benzene rings is 4. The number of aliphatic hydroxyl groups excluding tert-OH is 3. The first-order valence-corrected chi connectivity index (χ1v) is 16.2. The average molecular weight is 690 g/mol. The molecule has 7 nitrogen and oxygen atoms in total. The summed E-state index contributed by atoms with van der Waals surface area (Å²) in [5, 5.41) is 75.3. The third kappa shape index (κ3) is 7.52. The van der Waals surface area contributed by atoms with Crippen LogP contribution in [0, 0.1) is 13.8 Å². The van der Waals surface area contributed by atoms with Gasteiger partial charge in [-0.2, -0.15) is 0 Å². The van der Waals surface area contributed by atoms with Crippen LogP contribution in [0.4, 0.5) is 0 Å². The van der Waals surface area contributed by atoms with Gasteiger partial charge in [-0.3, -0.25) is 0 Å². The van der Waals surface area contributed by atoms with E-state index in [1.807, 2.05) is 19.1 Å². The van der Waals surface area contributed by atoms with E-state index in [0.717, 1.165) is 5.56 Å². The van der Waals surface area contributed by atoms with Crippen LogP contribution >= 0.6 is 34.8 Å². The highest BCUT2D eigenvalue weighted by Crippen LogP contribution is 2.52. The molecule has 7 N–H and O–H groups in total. The molecule has 0 aliphatic carbocycles. The third-order valence-corrected chi connectivity index (χ3v) is 9.56. The largest absolute Gasteiger partial charge is 0.508 e. The predicted octanol–water partition coefficient (Wildman–Crippen LogP) is 8.28. The summed E-state index contributed by atoms with van der Waals surface area (Å²) in [5.74, 6) is -1.69. The van der Waals surface area contributed by atoms with Gasteiger partial charge in [0.25, 0.3) is 0 Å². The monoisotopic (exact) mass is 688 g/mol. The minimum Gasteiger partial charge on any atom is -0.508 e. The maximum atomic E-state index is 11.5. The van der Waals surface area contributed by atoms with E-state index in [1.165, 1.54) is 18.2 Å². The number of rotatable bonds is 13. The zero-order chi connectivity index (χ0) is 33.7. The quantitative estimate of drug-likeness (QED) is 0.0701. The molecule has 0 aliphatic heterocycles. The molecule has 2 atom stereocenters. The molecule has 0 spiro atoms. The van der Waals surface area contributed by atoms with Crippen LogP contribution in [-0.4, -0.2) is 35.7 Å². The van der Waals surface area contributed by atoms with Crippen molar-refractivity contribution in [3.8, 4) is 23.0 Å². The van der Waals surface area contributed by atoms with Crippen molar-refractivity contribution < 1.29 is 35.7 Å². The second-order valence-electron chi connectivity index (χ2n) is 11.7. The highest BCUT2D eigenvalue weighted by molar-refractivity contribution is 6.32. The summed E-state index contributed by atoms with van der Waals surface area (Å²) in [6.45, 7) is 2.35. The standard InChI is InChI=1S/C36H39Cl3O7/c1-19-12-20(2)35(45)25(13-19)33(26-15-22(37)14-21(16-40)36(26)46)24(34-28(18-42)32(44)11-9-30(34)39)7-5-3-4-6-23-27(17-41)31(43)10-8-29(23)38/h8-15,24,33,40-46H,3-7,16-18H2,1-2H3. The summed E-state index contributed by atoms with van der Waals surface area (Å²) in [4.78, 5) is 0. The summed E-state index contributed by atoms with van der Waals surface area (Å²) in [5.41, 5.74) is 4.31. The Hall–Kier alpha value is -3.17. The van der Waals surface area contributed by atoms with Crippen LogP contribution in [-0.2, 0) is 26.2 Å². The Labute approximate surface area is 283 Å². The third-order valence-electron chi connectivity index (χ3n) is 8.66. The van der Waals surface area contributed by atoms with Gasteiger partial charge in [-0.05, 0) is 92.1 Å². The molecule has 4 rings (SSSR count). The van der Waals surface area contributed by atoms with Crippen LogP contribution in [0.1, 0.15) is 87.6 Å². The molecule has 0 aromatic heterocycles. The van der Waals surface area contributed by atoms with Crippen LogP contribution in [0.15, 0.2) is 48.5 Å². The number of aliphatic hydroxyl groups is 3. The van der Waals surface area contributed by atoms with E-state index in [0.29, 0.717) is 75.5 Å². The Morgan fingerprint density at radius 2 is 1.26 bits per heavy atom. The number of aryl methyl sites for hydroxylation is 2. The van der Waals surface area contributed by atoms with Gasteiger partial charge in [0.05, 0.1) is 19.8 Å². The Morgan fingerprint density at radius 3 is 1.91 bits per heavy atom. The van der Waals surface area contributed by atoms with Gasteiger partial charge in [-0.1, -0.05) is 65.3 Å². The molecule has 0 radical (unpaired) electrons. The molecule has 0 saturated heterocycles. The van der Waals surface area contributed by atoms with Crippen LogP contribution in [0.2, 0.25) is 15.1 Å². The number of phenolic OH excluding ortho intramolecular Hbond substituents is 1. The van der Waals surface area contributed by atoms with E-state index in [-0.39, 0.29) is 45.8 Å². The van der Waals surface area contributed by atoms with Crippen LogP contribution in [0.5, 0.6) is 23.0 Å². The van der Waals surface area contributed by atoms with Crippen molar-refractivity contribution >= 4 is 34.8 Å². The number of unbranched alkanes of at least 4 members (excludes halogenated alkanes) is 2. The number of hydrogen-bond acceptors (Lipinski definition) is 7. The van der Waals surface area contributed by atoms with Crippen molar-refractivity contribution in [3.05, 3.63) is 114 Å². The van der Waals surface area contributed by atoms with E-state index in [2.05, 4.69) is 0 Å².